The highest BCUT2D eigenvalue weighted by Crippen LogP contribution is 2.17. The Balaban J connectivity index is 3.03. The molecule has 0 unspecified atom stereocenters. The van der Waals surface area contributed by atoms with E-state index in [0.717, 1.165) is 5.56 Å². The first-order chi connectivity index (χ1) is 4.84. The van der Waals surface area contributed by atoms with Crippen LogP contribution in [0.4, 0.5) is 0 Å². The van der Waals surface area contributed by atoms with Crippen molar-refractivity contribution in [3.8, 4) is 5.75 Å². The minimum absolute atomic E-state index is 0.329. The average Bonchev–Trinajstić information content (AvgIpc) is 1.94. The van der Waals surface area contributed by atoms with Gasteiger partial charge in [-0.15, -0.1) is 0 Å². The third-order valence-electron chi connectivity index (χ3n) is 1.18. The first-order valence-corrected chi connectivity index (χ1v) is 4.14. The lowest BCUT2D eigenvalue weighted by Crippen LogP contribution is -1.70. The molecule has 0 aliphatic carbocycles. The van der Waals surface area contributed by atoms with Crippen molar-refractivity contribution < 1.29 is 5.11 Å². The van der Waals surface area contributed by atoms with Gasteiger partial charge in [-0.1, -0.05) is 40.8 Å². The number of aromatic hydroxyl groups is 1. The lowest BCUT2D eigenvalue weighted by molar-refractivity contribution is 0.474. The standard InChI is InChI=1S/C8H7IO/c9-6-5-7-3-1-2-4-8(7)10/h1-6,10H/b6-5+. The molecule has 1 rings (SSSR count). The number of para-hydroxylation sites is 1. The van der Waals surface area contributed by atoms with E-state index in [9.17, 15) is 5.11 Å². The van der Waals surface area contributed by atoms with Gasteiger partial charge in [-0.25, -0.2) is 0 Å². The molecule has 0 aliphatic rings. The Bertz CT molecular complexity index is 243. The number of benzene rings is 1. The lowest BCUT2D eigenvalue weighted by Gasteiger charge is -1.94. The van der Waals surface area contributed by atoms with E-state index < -0.39 is 0 Å². The molecule has 0 spiro atoms. The maximum absolute atomic E-state index is 9.19. The summed E-state index contributed by atoms with van der Waals surface area (Å²) in [6.07, 6.45) is 1.86. The summed E-state index contributed by atoms with van der Waals surface area (Å²) in [6.45, 7) is 0. The van der Waals surface area contributed by atoms with E-state index in [1.54, 1.807) is 12.1 Å². The molecule has 1 aromatic rings. The van der Waals surface area contributed by atoms with E-state index in [4.69, 9.17) is 0 Å². The van der Waals surface area contributed by atoms with Crippen LogP contribution in [0.15, 0.2) is 28.3 Å². The second-order valence-electron chi connectivity index (χ2n) is 1.85. The van der Waals surface area contributed by atoms with Gasteiger partial charge in [0, 0.05) is 5.56 Å². The van der Waals surface area contributed by atoms with E-state index in [-0.39, 0.29) is 0 Å². The van der Waals surface area contributed by atoms with Crippen LogP contribution in [0.2, 0.25) is 0 Å². The molecule has 0 saturated heterocycles. The van der Waals surface area contributed by atoms with E-state index in [0.29, 0.717) is 5.75 Å². The van der Waals surface area contributed by atoms with E-state index in [1.807, 2.05) is 22.3 Å². The third kappa shape index (κ3) is 1.73. The fraction of sp³-hybridized carbons (Fsp3) is 0. The van der Waals surface area contributed by atoms with Crippen LogP contribution in [0.3, 0.4) is 0 Å². The van der Waals surface area contributed by atoms with Crippen LogP contribution in [0.5, 0.6) is 5.75 Å². The molecule has 10 heavy (non-hydrogen) atoms. The summed E-state index contributed by atoms with van der Waals surface area (Å²) in [5, 5.41) is 9.19. The summed E-state index contributed by atoms with van der Waals surface area (Å²) in [6, 6.07) is 7.24. The summed E-state index contributed by atoms with van der Waals surface area (Å²) >= 11 is 2.12. The molecule has 0 saturated carbocycles. The zero-order chi connectivity index (χ0) is 7.40. The van der Waals surface area contributed by atoms with Gasteiger partial charge in [-0.2, -0.15) is 0 Å². The molecule has 0 bridgehead atoms. The summed E-state index contributed by atoms with van der Waals surface area (Å²) in [5.74, 6) is 0.329. The van der Waals surface area contributed by atoms with Crippen molar-refractivity contribution in [1.29, 1.82) is 0 Å². The van der Waals surface area contributed by atoms with E-state index in [2.05, 4.69) is 22.6 Å². The predicted molar refractivity (Wildman–Crippen MR) is 51.2 cm³/mol. The molecule has 0 aromatic heterocycles. The molecule has 0 atom stereocenters. The molecule has 1 nitrogen and oxygen atoms in total. The van der Waals surface area contributed by atoms with Crippen molar-refractivity contribution in [2.45, 2.75) is 0 Å². The Labute approximate surface area is 73.5 Å². The maximum atomic E-state index is 9.19. The molecular weight excluding hydrogens is 239 g/mol. The summed E-state index contributed by atoms with van der Waals surface area (Å²) in [7, 11) is 0. The molecular formula is C8H7IO. The van der Waals surface area contributed by atoms with E-state index >= 15 is 0 Å². The van der Waals surface area contributed by atoms with Crippen LogP contribution in [-0.4, -0.2) is 5.11 Å². The van der Waals surface area contributed by atoms with Gasteiger partial charge in [-0.05, 0) is 16.2 Å². The van der Waals surface area contributed by atoms with Crippen molar-refractivity contribution in [2.24, 2.45) is 0 Å². The molecule has 1 aromatic carbocycles. The van der Waals surface area contributed by atoms with Gasteiger partial charge in [0.15, 0.2) is 0 Å². The number of phenols is 1. The van der Waals surface area contributed by atoms with Gasteiger partial charge in [0.1, 0.15) is 5.75 Å². The SMILES string of the molecule is Oc1ccccc1/C=C/I. The summed E-state index contributed by atoms with van der Waals surface area (Å²) < 4.78 is 1.87. The molecule has 0 radical (unpaired) electrons. The minimum atomic E-state index is 0.329. The number of rotatable bonds is 1. The highest BCUT2D eigenvalue weighted by atomic mass is 127. The number of phenolic OH excluding ortho intramolecular Hbond substituents is 1. The first-order valence-electron chi connectivity index (χ1n) is 2.89. The molecule has 0 amide bonds. The number of hydrogen-bond acceptors (Lipinski definition) is 1. The largest absolute Gasteiger partial charge is 0.507 e. The van der Waals surface area contributed by atoms with Gasteiger partial charge >= 0.3 is 0 Å². The highest BCUT2D eigenvalue weighted by molar-refractivity contribution is 14.1. The second-order valence-corrected chi connectivity index (χ2v) is 2.57. The second kappa shape index (κ2) is 3.61. The normalized spacial score (nSPS) is 10.5. The zero-order valence-electron chi connectivity index (χ0n) is 5.29. The maximum Gasteiger partial charge on any atom is 0.122 e. The topological polar surface area (TPSA) is 20.2 Å². The molecule has 1 N–H and O–H groups in total. The number of hydrogen-bond donors (Lipinski definition) is 1. The molecule has 2 heteroatoms. The summed E-state index contributed by atoms with van der Waals surface area (Å²) in [5.41, 5.74) is 0.858. The average molecular weight is 246 g/mol. The van der Waals surface area contributed by atoms with E-state index in [1.165, 1.54) is 0 Å². The first kappa shape index (κ1) is 7.60. The fourth-order valence-electron chi connectivity index (χ4n) is 0.696. The molecule has 52 valence electrons. The number of halogens is 1. The van der Waals surface area contributed by atoms with Gasteiger partial charge in [-0.3, -0.25) is 0 Å². The van der Waals surface area contributed by atoms with Gasteiger partial charge in [0.2, 0.25) is 0 Å². The Morgan fingerprint density at radius 1 is 1.30 bits per heavy atom. The highest BCUT2D eigenvalue weighted by Gasteiger charge is 1.91. The third-order valence-corrected chi connectivity index (χ3v) is 1.54. The predicted octanol–water partition coefficient (Wildman–Crippen LogP) is 2.80. The van der Waals surface area contributed by atoms with Crippen molar-refractivity contribution in [2.75, 3.05) is 0 Å². The van der Waals surface area contributed by atoms with Crippen LogP contribution < -0.4 is 0 Å². The van der Waals surface area contributed by atoms with Crippen molar-refractivity contribution >= 4 is 28.7 Å². The molecule has 0 heterocycles. The Morgan fingerprint density at radius 2 is 2.00 bits per heavy atom. The quantitative estimate of drug-likeness (QED) is 0.755. The Hall–Kier alpha value is -0.510. The van der Waals surface area contributed by atoms with Gasteiger partial charge in [0.05, 0.1) is 0 Å². The van der Waals surface area contributed by atoms with Gasteiger partial charge in [0.25, 0.3) is 0 Å². The van der Waals surface area contributed by atoms with Crippen molar-refractivity contribution in [3.05, 3.63) is 33.9 Å². The van der Waals surface area contributed by atoms with Crippen LogP contribution >= 0.6 is 22.6 Å². The zero-order valence-corrected chi connectivity index (χ0v) is 7.45. The molecule has 0 fully saturated rings. The van der Waals surface area contributed by atoms with Crippen LogP contribution in [-0.2, 0) is 0 Å². The molecule has 0 aliphatic heterocycles. The fourth-order valence-corrected chi connectivity index (χ4v) is 1.08. The summed E-state index contributed by atoms with van der Waals surface area (Å²) in [4.78, 5) is 0. The Kier molecular flexibility index (Phi) is 2.74. The minimum Gasteiger partial charge on any atom is -0.507 e. The monoisotopic (exact) mass is 246 g/mol. The Morgan fingerprint density at radius 3 is 2.60 bits per heavy atom. The van der Waals surface area contributed by atoms with Crippen LogP contribution in [0, 0.1) is 0 Å². The lowest BCUT2D eigenvalue weighted by atomic mass is 10.2. The smallest absolute Gasteiger partial charge is 0.122 e. The van der Waals surface area contributed by atoms with Crippen molar-refractivity contribution in [1.82, 2.24) is 0 Å². The van der Waals surface area contributed by atoms with Crippen molar-refractivity contribution in [3.63, 3.8) is 0 Å². The van der Waals surface area contributed by atoms with Crippen LogP contribution in [0.1, 0.15) is 5.56 Å². The van der Waals surface area contributed by atoms with Gasteiger partial charge < -0.3 is 5.11 Å². The van der Waals surface area contributed by atoms with Crippen LogP contribution in [0.25, 0.3) is 6.08 Å².